The molecule has 0 radical (unpaired) electrons. The number of nitrogens with zero attached hydrogens (tertiary/aromatic N) is 2. The molecule has 0 saturated carbocycles. The molecule has 0 bridgehead atoms. The molecule has 1 unspecified atom stereocenters. The highest BCUT2D eigenvalue weighted by Gasteiger charge is 2.32. The van der Waals surface area contributed by atoms with Gasteiger partial charge in [-0.2, -0.15) is 0 Å². The van der Waals surface area contributed by atoms with Gasteiger partial charge in [-0.15, -0.1) is 0 Å². The van der Waals surface area contributed by atoms with Gasteiger partial charge >= 0.3 is 0 Å². The van der Waals surface area contributed by atoms with Gasteiger partial charge in [-0.25, -0.2) is 8.78 Å². The summed E-state index contributed by atoms with van der Waals surface area (Å²) in [4.78, 5) is 16.4. The summed E-state index contributed by atoms with van der Waals surface area (Å²) in [5.41, 5.74) is 0.441. The topological polar surface area (TPSA) is 35.6 Å². The summed E-state index contributed by atoms with van der Waals surface area (Å²) in [6, 6.07) is 4.59. The minimum atomic E-state index is -0.769. The number of likely N-dealkylation sites (tertiary alicyclic amines) is 2. The predicted molar refractivity (Wildman–Crippen MR) is 102 cm³/mol. The zero-order valence-corrected chi connectivity index (χ0v) is 16.4. The number of carbonyl (C=O) groups excluding carboxylic acids is 1. The minimum Gasteiger partial charge on any atom is -0.353 e. The maximum absolute atomic E-state index is 13.9. The third-order valence-electron chi connectivity index (χ3n) is 5.85. The second kappa shape index (κ2) is 9.11. The number of amides is 1. The van der Waals surface area contributed by atoms with Gasteiger partial charge in [-0.1, -0.05) is 12.1 Å². The zero-order valence-electron chi connectivity index (χ0n) is 16.4. The van der Waals surface area contributed by atoms with E-state index in [1.165, 1.54) is 6.07 Å². The Morgan fingerprint density at radius 2 is 1.78 bits per heavy atom. The first kappa shape index (κ1) is 20.2. The number of hydrogen-bond donors (Lipinski definition) is 1. The van der Waals surface area contributed by atoms with E-state index in [9.17, 15) is 13.6 Å². The molecule has 1 aromatic carbocycles. The van der Waals surface area contributed by atoms with Gasteiger partial charge in [0.2, 0.25) is 5.91 Å². The first-order chi connectivity index (χ1) is 12.9. The van der Waals surface area contributed by atoms with Gasteiger partial charge < -0.3 is 5.32 Å². The fourth-order valence-electron chi connectivity index (χ4n) is 4.46. The standard InChI is InChI=1S/C21H31F2N3O/c1-15(2)24-20(27)14-26-11-8-17(12-26)16-6-9-25(10-7-16)13-18-4-3-5-19(22)21(18)23/h3-5,15-17H,6-14H2,1-2H3,(H,24,27). The van der Waals surface area contributed by atoms with E-state index in [-0.39, 0.29) is 11.9 Å². The summed E-state index contributed by atoms with van der Waals surface area (Å²) in [5.74, 6) is -0.0695. The van der Waals surface area contributed by atoms with Crippen LogP contribution >= 0.6 is 0 Å². The lowest BCUT2D eigenvalue weighted by atomic mass is 9.83. The number of carbonyl (C=O) groups is 1. The Kier molecular flexibility index (Phi) is 6.82. The molecule has 4 nitrogen and oxygen atoms in total. The molecular weight excluding hydrogens is 348 g/mol. The Morgan fingerprint density at radius 3 is 2.48 bits per heavy atom. The molecule has 2 aliphatic rings. The second-order valence-electron chi connectivity index (χ2n) is 8.33. The lowest BCUT2D eigenvalue weighted by Gasteiger charge is -2.35. The molecule has 0 spiro atoms. The van der Waals surface area contributed by atoms with Crippen LogP contribution in [0.25, 0.3) is 0 Å². The molecule has 150 valence electrons. The zero-order chi connectivity index (χ0) is 19.4. The van der Waals surface area contributed by atoms with E-state index < -0.39 is 11.6 Å². The molecular formula is C21H31F2N3O. The molecule has 2 saturated heterocycles. The fraction of sp³-hybridized carbons (Fsp3) is 0.667. The number of hydrogen-bond acceptors (Lipinski definition) is 3. The lowest BCUT2D eigenvalue weighted by molar-refractivity contribution is -0.122. The summed E-state index contributed by atoms with van der Waals surface area (Å²) in [6.07, 6.45) is 3.33. The summed E-state index contributed by atoms with van der Waals surface area (Å²) in [7, 11) is 0. The van der Waals surface area contributed by atoms with Crippen LogP contribution < -0.4 is 5.32 Å². The molecule has 3 rings (SSSR count). The van der Waals surface area contributed by atoms with Crippen LogP contribution in [0.5, 0.6) is 0 Å². The first-order valence-electron chi connectivity index (χ1n) is 10.1. The molecule has 27 heavy (non-hydrogen) atoms. The number of halogens is 2. The average Bonchev–Trinajstić information content (AvgIpc) is 3.07. The lowest BCUT2D eigenvalue weighted by Crippen LogP contribution is -2.40. The molecule has 1 amide bonds. The van der Waals surface area contributed by atoms with Crippen LogP contribution in [-0.4, -0.2) is 54.5 Å². The summed E-state index contributed by atoms with van der Waals surface area (Å²) in [6.45, 7) is 8.76. The average molecular weight is 379 g/mol. The first-order valence-corrected chi connectivity index (χ1v) is 10.1. The van der Waals surface area contributed by atoms with Crippen molar-refractivity contribution in [2.75, 3.05) is 32.7 Å². The quantitative estimate of drug-likeness (QED) is 0.825. The number of piperidine rings is 1. The van der Waals surface area contributed by atoms with Gasteiger partial charge in [-0.05, 0) is 70.6 Å². The van der Waals surface area contributed by atoms with Crippen molar-refractivity contribution in [3.05, 3.63) is 35.4 Å². The highest BCUT2D eigenvalue weighted by Crippen LogP contribution is 2.32. The molecule has 2 aliphatic heterocycles. The van der Waals surface area contributed by atoms with E-state index in [1.807, 2.05) is 13.8 Å². The largest absolute Gasteiger partial charge is 0.353 e. The molecule has 2 heterocycles. The highest BCUT2D eigenvalue weighted by molar-refractivity contribution is 5.78. The van der Waals surface area contributed by atoms with E-state index in [0.717, 1.165) is 45.4 Å². The monoisotopic (exact) mass is 379 g/mol. The van der Waals surface area contributed by atoms with Gasteiger partial charge in [-0.3, -0.25) is 14.6 Å². The van der Waals surface area contributed by atoms with Crippen LogP contribution in [0.2, 0.25) is 0 Å². The Hall–Kier alpha value is -1.53. The third kappa shape index (κ3) is 5.48. The molecule has 0 aromatic heterocycles. The normalized spacial score (nSPS) is 22.5. The van der Waals surface area contributed by atoms with Crippen LogP contribution in [0.15, 0.2) is 18.2 Å². The van der Waals surface area contributed by atoms with Crippen molar-refractivity contribution in [3.63, 3.8) is 0 Å². The van der Waals surface area contributed by atoms with Crippen LogP contribution in [0.4, 0.5) is 8.78 Å². The molecule has 0 aliphatic carbocycles. The van der Waals surface area contributed by atoms with Gasteiger partial charge in [0.25, 0.3) is 0 Å². The minimum absolute atomic E-state index is 0.109. The van der Waals surface area contributed by atoms with Gasteiger partial charge in [0.15, 0.2) is 11.6 Å². The van der Waals surface area contributed by atoms with E-state index in [2.05, 4.69) is 15.1 Å². The predicted octanol–water partition coefficient (Wildman–Crippen LogP) is 3.02. The molecule has 2 fully saturated rings. The van der Waals surface area contributed by atoms with Gasteiger partial charge in [0.05, 0.1) is 6.54 Å². The maximum atomic E-state index is 13.9. The van der Waals surface area contributed by atoms with Crippen LogP contribution in [0, 0.1) is 23.5 Å². The Bertz CT molecular complexity index is 644. The maximum Gasteiger partial charge on any atom is 0.234 e. The molecule has 1 N–H and O–H groups in total. The Labute approximate surface area is 160 Å². The van der Waals surface area contributed by atoms with E-state index in [1.54, 1.807) is 12.1 Å². The molecule has 6 heteroatoms. The fourth-order valence-corrected chi connectivity index (χ4v) is 4.46. The summed E-state index contributed by atoms with van der Waals surface area (Å²) < 4.78 is 27.2. The van der Waals surface area contributed by atoms with Crippen LogP contribution in [0.1, 0.15) is 38.7 Å². The summed E-state index contributed by atoms with van der Waals surface area (Å²) >= 11 is 0. The van der Waals surface area contributed by atoms with E-state index in [0.29, 0.717) is 30.5 Å². The van der Waals surface area contributed by atoms with Gasteiger partial charge in [0, 0.05) is 24.7 Å². The van der Waals surface area contributed by atoms with Crippen molar-refractivity contribution >= 4 is 5.91 Å². The van der Waals surface area contributed by atoms with Crippen molar-refractivity contribution in [3.8, 4) is 0 Å². The third-order valence-corrected chi connectivity index (χ3v) is 5.85. The highest BCUT2D eigenvalue weighted by atomic mass is 19.2. The smallest absolute Gasteiger partial charge is 0.234 e. The second-order valence-corrected chi connectivity index (χ2v) is 8.33. The Balaban J connectivity index is 1.43. The molecule has 1 atom stereocenters. The van der Waals surface area contributed by atoms with Crippen LogP contribution in [-0.2, 0) is 11.3 Å². The van der Waals surface area contributed by atoms with Crippen molar-refractivity contribution in [2.45, 2.75) is 45.7 Å². The van der Waals surface area contributed by atoms with Crippen molar-refractivity contribution < 1.29 is 13.6 Å². The van der Waals surface area contributed by atoms with E-state index in [4.69, 9.17) is 0 Å². The Morgan fingerprint density at radius 1 is 1.11 bits per heavy atom. The molecule has 1 aromatic rings. The number of rotatable bonds is 6. The van der Waals surface area contributed by atoms with Crippen molar-refractivity contribution in [2.24, 2.45) is 11.8 Å². The van der Waals surface area contributed by atoms with E-state index >= 15 is 0 Å². The summed E-state index contributed by atoms with van der Waals surface area (Å²) in [5, 5.41) is 2.96. The van der Waals surface area contributed by atoms with Crippen molar-refractivity contribution in [1.82, 2.24) is 15.1 Å². The van der Waals surface area contributed by atoms with Crippen molar-refractivity contribution in [1.29, 1.82) is 0 Å². The number of benzene rings is 1. The van der Waals surface area contributed by atoms with Gasteiger partial charge in [0.1, 0.15) is 0 Å². The van der Waals surface area contributed by atoms with Crippen LogP contribution in [0.3, 0.4) is 0 Å². The SMILES string of the molecule is CC(C)NC(=O)CN1CCC(C2CCN(Cc3cccc(F)c3F)CC2)C1. The number of nitrogens with one attached hydrogen (secondary N) is 1.